The van der Waals surface area contributed by atoms with Gasteiger partial charge in [0.2, 0.25) is 0 Å². The van der Waals surface area contributed by atoms with Gasteiger partial charge in [0.25, 0.3) is 5.91 Å². The molecule has 0 aliphatic carbocycles. The minimum atomic E-state index is -0.191. The zero-order valence-corrected chi connectivity index (χ0v) is 14.8. The van der Waals surface area contributed by atoms with E-state index in [1.165, 1.54) is 0 Å². The summed E-state index contributed by atoms with van der Waals surface area (Å²) in [6.07, 6.45) is 0.883. The number of aliphatic hydroxyl groups is 1. The van der Waals surface area contributed by atoms with E-state index in [0.29, 0.717) is 12.3 Å². The molecule has 0 fully saturated rings. The molecule has 134 valence electrons. The van der Waals surface area contributed by atoms with Crippen LogP contribution in [0.15, 0.2) is 48.5 Å². The maximum absolute atomic E-state index is 11.9. The third-order valence-corrected chi connectivity index (χ3v) is 3.94. The first-order chi connectivity index (χ1) is 12.1. The number of rotatable bonds is 9. The Kier molecular flexibility index (Phi) is 7.44. The molecule has 0 heterocycles. The van der Waals surface area contributed by atoms with E-state index in [2.05, 4.69) is 10.6 Å². The molecule has 5 heteroatoms. The van der Waals surface area contributed by atoms with Gasteiger partial charge in [-0.15, -0.1) is 0 Å². The third kappa shape index (κ3) is 6.57. The van der Waals surface area contributed by atoms with Crippen LogP contribution in [0.3, 0.4) is 0 Å². The van der Waals surface area contributed by atoms with Crippen LogP contribution in [0.1, 0.15) is 24.5 Å². The van der Waals surface area contributed by atoms with Crippen LogP contribution in [-0.4, -0.2) is 30.3 Å². The van der Waals surface area contributed by atoms with E-state index in [0.717, 1.165) is 23.2 Å². The summed E-state index contributed by atoms with van der Waals surface area (Å²) in [7, 11) is 0. The second kappa shape index (κ2) is 9.81. The van der Waals surface area contributed by atoms with Crippen molar-refractivity contribution < 1.29 is 14.6 Å². The Morgan fingerprint density at radius 2 is 1.80 bits per heavy atom. The summed E-state index contributed by atoms with van der Waals surface area (Å²) < 4.78 is 5.51. The van der Waals surface area contributed by atoms with Gasteiger partial charge in [0.1, 0.15) is 5.75 Å². The van der Waals surface area contributed by atoms with Crippen molar-refractivity contribution in [1.82, 2.24) is 5.32 Å². The lowest BCUT2D eigenvalue weighted by Crippen LogP contribution is -2.31. The lowest BCUT2D eigenvalue weighted by atomic mass is 10.2. The van der Waals surface area contributed by atoms with Gasteiger partial charge in [-0.2, -0.15) is 0 Å². The van der Waals surface area contributed by atoms with Crippen molar-refractivity contribution in [2.24, 2.45) is 0 Å². The van der Waals surface area contributed by atoms with Crippen LogP contribution in [0, 0.1) is 6.92 Å². The molecular weight excluding hydrogens is 316 g/mol. The number of carbonyl (C=O) groups is 1. The first-order valence-electron chi connectivity index (χ1n) is 8.53. The second-order valence-electron chi connectivity index (χ2n) is 6.02. The Hall–Kier alpha value is -2.37. The normalized spacial score (nSPS) is 11.8. The molecule has 0 aromatic heterocycles. The Morgan fingerprint density at radius 1 is 1.12 bits per heavy atom. The van der Waals surface area contributed by atoms with Gasteiger partial charge in [-0.1, -0.05) is 36.8 Å². The van der Waals surface area contributed by atoms with Crippen LogP contribution >= 0.6 is 0 Å². The maximum atomic E-state index is 11.9. The molecule has 3 N–H and O–H groups in total. The Bertz CT molecular complexity index is 650. The number of aryl methyl sites for hydroxylation is 1. The van der Waals surface area contributed by atoms with Crippen molar-refractivity contribution in [3.05, 3.63) is 59.7 Å². The van der Waals surface area contributed by atoms with Crippen molar-refractivity contribution in [3.63, 3.8) is 0 Å². The minimum Gasteiger partial charge on any atom is -0.484 e. The summed E-state index contributed by atoms with van der Waals surface area (Å²) in [5, 5.41) is 15.2. The van der Waals surface area contributed by atoms with Crippen molar-refractivity contribution in [1.29, 1.82) is 0 Å². The average molecular weight is 342 g/mol. The lowest BCUT2D eigenvalue weighted by molar-refractivity contribution is -0.118. The molecule has 0 aliphatic heterocycles. The highest BCUT2D eigenvalue weighted by atomic mass is 16.5. The number of carbonyl (C=O) groups excluding carboxylic acids is 1. The van der Waals surface area contributed by atoms with Gasteiger partial charge in [0.15, 0.2) is 6.61 Å². The number of anilines is 1. The molecule has 2 aromatic rings. The molecule has 0 radical (unpaired) electrons. The van der Waals surface area contributed by atoms with Gasteiger partial charge in [0.05, 0.1) is 6.61 Å². The number of hydrogen-bond donors (Lipinski definition) is 3. The highest BCUT2D eigenvalue weighted by molar-refractivity contribution is 5.91. The first kappa shape index (κ1) is 19.0. The number of amides is 1. The predicted molar refractivity (Wildman–Crippen MR) is 99.8 cm³/mol. The molecule has 0 saturated carbocycles. The molecule has 0 spiro atoms. The number of benzene rings is 2. The van der Waals surface area contributed by atoms with E-state index in [1.807, 2.05) is 62.4 Å². The highest BCUT2D eigenvalue weighted by Gasteiger charge is 2.05. The molecule has 5 nitrogen and oxygen atoms in total. The van der Waals surface area contributed by atoms with Gasteiger partial charge in [-0.25, -0.2) is 0 Å². The van der Waals surface area contributed by atoms with Crippen LogP contribution in [0.5, 0.6) is 5.75 Å². The summed E-state index contributed by atoms with van der Waals surface area (Å²) in [5.74, 6) is 0.459. The quantitative estimate of drug-likeness (QED) is 0.655. The lowest BCUT2D eigenvalue weighted by Gasteiger charge is -2.14. The fourth-order valence-electron chi connectivity index (χ4n) is 2.29. The molecule has 0 bridgehead atoms. The summed E-state index contributed by atoms with van der Waals surface area (Å²) in [6.45, 7) is 4.82. The number of nitrogens with one attached hydrogen (secondary N) is 2. The monoisotopic (exact) mass is 342 g/mol. The standard InChI is InChI=1S/C20H26N2O3/c1-3-17(13-23)21-12-16-6-10-19(11-7-16)25-14-20(24)22-18-8-4-15(2)5-9-18/h4-11,17,21,23H,3,12-14H2,1-2H3,(H,22,24)/t17-/m1/s1. The van der Waals surface area contributed by atoms with Crippen LogP contribution in [0.2, 0.25) is 0 Å². The third-order valence-electron chi connectivity index (χ3n) is 3.94. The average Bonchev–Trinajstić information content (AvgIpc) is 2.64. The van der Waals surface area contributed by atoms with Crippen LogP contribution in [-0.2, 0) is 11.3 Å². The molecule has 0 aliphatic rings. The molecule has 25 heavy (non-hydrogen) atoms. The predicted octanol–water partition coefficient (Wildman–Crippen LogP) is 2.87. The Labute approximate surface area is 149 Å². The second-order valence-corrected chi connectivity index (χ2v) is 6.02. The van der Waals surface area contributed by atoms with Crippen LogP contribution in [0.4, 0.5) is 5.69 Å². The zero-order valence-electron chi connectivity index (χ0n) is 14.8. The largest absolute Gasteiger partial charge is 0.484 e. The van der Waals surface area contributed by atoms with Crippen molar-refractivity contribution >= 4 is 11.6 Å². The van der Waals surface area contributed by atoms with E-state index < -0.39 is 0 Å². The van der Waals surface area contributed by atoms with E-state index in [4.69, 9.17) is 9.84 Å². The number of hydrogen-bond acceptors (Lipinski definition) is 4. The van der Waals surface area contributed by atoms with Gasteiger partial charge >= 0.3 is 0 Å². The Morgan fingerprint density at radius 3 is 2.40 bits per heavy atom. The molecule has 2 aromatic carbocycles. The van der Waals surface area contributed by atoms with Crippen LogP contribution < -0.4 is 15.4 Å². The van der Waals surface area contributed by atoms with Crippen molar-refractivity contribution in [2.75, 3.05) is 18.5 Å². The van der Waals surface area contributed by atoms with Crippen molar-refractivity contribution in [3.8, 4) is 5.75 Å². The fourth-order valence-corrected chi connectivity index (χ4v) is 2.29. The maximum Gasteiger partial charge on any atom is 0.262 e. The fraction of sp³-hybridized carbons (Fsp3) is 0.350. The topological polar surface area (TPSA) is 70.6 Å². The molecular formula is C20H26N2O3. The smallest absolute Gasteiger partial charge is 0.262 e. The van der Waals surface area contributed by atoms with Crippen LogP contribution in [0.25, 0.3) is 0 Å². The van der Waals surface area contributed by atoms with E-state index in [-0.39, 0.29) is 25.2 Å². The summed E-state index contributed by atoms with van der Waals surface area (Å²) in [6, 6.07) is 15.3. The first-order valence-corrected chi connectivity index (χ1v) is 8.53. The molecule has 0 saturated heterocycles. The molecule has 1 amide bonds. The van der Waals surface area contributed by atoms with Gasteiger partial charge in [-0.3, -0.25) is 4.79 Å². The molecule has 2 rings (SSSR count). The van der Waals surface area contributed by atoms with Gasteiger partial charge in [0, 0.05) is 18.3 Å². The summed E-state index contributed by atoms with van der Waals surface area (Å²) >= 11 is 0. The van der Waals surface area contributed by atoms with E-state index >= 15 is 0 Å². The Balaban J connectivity index is 1.77. The van der Waals surface area contributed by atoms with Crippen molar-refractivity contribution in [2.45, 2.75) is 32.9 Å². The summed E-state index contributed by atoms with van der Waals surface area (Å²) in [5.41, 5.74) is 3.01. The number of ether oxygens (including phenoxy) is 1. The number of aliphatic hydroxyl groups excluding tert-OH is 1. The SMILES string of the molecule is CC[C@H](CO)NCc1ccc(OCC(=O)Nc2ccc(C)cc2)cc1. The molecule has 1 atom stereocenters. The summed E-state index contributed by atoms with van der Waals surface area (Å²) in [4.78, 5) is 11.9. The molecule has 0 unspecified atom stereocenters. The minimum absolute atomic E-state index is 0.0338. The van der Waals surface area contributed by atoms with E-state index in [1.54, 1.807) is 0 Å². The van der Waals surface area contributed by atoms with Gasteiger partial charge in [-0.05, 0) is 43.2 Å². The van der Waals surface area contributed by atoms with E-state index in [9.17, 15) is 4.79 Å². The highest BCUT2D eigenvalue weighted by Crippen LogP contribution is 2.13. The van der Waals surface area contributed by atoms with Gasteiger partial charge < -0.3 is 20.5 Å². The zero-order chi connectivity index (χ0) is 18.1.